The van der Waals surface area contributed by atoms with Crippen LogP contribution in [0.2, 0.25) is 0 Å². The molecule has 5 nitrogen and oxygen atoms in total. The third kappa shape index (κ3) is 2.63. The van der Waals surface area contributed by atoms with Gasteiger partial charge in [-0.15, -0.1) is 0 Å². The number of benzene rings is 2. The molecule has 4 rings (SSSR count). The number of anilines is 1. The molecule has 2 aliphatic rings. The second kappa shape index (κ2) is 6.02. The number of carbonyl (C=O) groups excluding carboxylic acids is 1. The number of aryl methyl sites for hydroxylation is 1. The minimum atomic E-state index is -0.716. The monoisotopic (exact) mass is 352 g/mol. The van der Waals surface area contributed by atoms with E-state index in [1.807, 2.05) is 37.3 Å². The van der Waals surface area contributed by atoms with Gasteiger partial charge in [0.15, 0.2) is 0 Å². The molecule has 26 heavy (non-hydrogen) atoms. The molecule has 0 aromatic heterocycles. The maximum absolute atomic E-state index is 12.2. The molecule has 5 heteroatoms. The summed E-state index contributed by atoms with van der Waals surface area (Å²) in [5.74, 6) is 1.01. The first-order chi connectivity index (χ1) is 12.4. The fraction of sp³-hybridized carbons (Fsp3) is 0.381. The van der Waals surface area contributed by atoms with Crippen molar-refractivity contribution >= 4 is 11.8 Å². The molecule has 136 valence electrons. The molecule has 2 aliphatic heterocycles. The van der Waals surface area contributed by atoms with Gasteiger partial charge >= 0.3 is 6.16 Å². The van der Waals surface area contributed by atoms with Crippen molar-refractivity contribution in [3.63, 3.8) is 0 Å². The topological polar surface area (TPSA) is 42.0 Å². The number of fused-ring (bicyclic) bond motifs is 3. The van der Waals surface area contributed by atoms with E-state index < -0.39 is 6.16 Å². The van der Waals surface area contributed by atoms with Crippen LogP contribution in [0.4, 0.5) is 10.5 Å². The van der Waals surface area contributed by atoms with Gasteiger partial charge < -0.3 is 14.4 Å². The van der Waals surface area contributed by atoms with Crippen LogP contribution in [0, 0.1) is 6.92 Å². The van der Waals surface area contributed by atoms with Gasteiger partial charge in [0.25, 0.3) is 0 Å². The summed E-state index contributed by atoms with van der Waals surface area (Å²) in [5.41, 5.74) is 3.50. The summed E-state index contributed by atoms with van der Waals surface area (Å²) in [6, 6.07) is 13.2. The van der Waals surface area contributed by atoms with Crippen molar-refractivity contribution in [1.29, 1.82) is 0 Å². The molecule has 0 spiro atoms. The third-order valence-electron chi connectivity index (χ3n) is 5.69. The molecule has 2 aromatic rings. The Morgan fingerprint density at radius 2 is 1.85 bits per heavy atom. The van der Waals surface area contributed by atoms with E-state index in [0.717, 1.165) is 18.5 Å². The molecule has 0 N–H and O–H groups in total. The minimum Gasteiger partial charge on any atom is -0.395 e. The number of ether oxygens (including phenoxy) is 2. The lowest BCUT2D eigenvalue weighted by Crippen LogP contribution is -2.45. The van der Waals surface area contributed by atoms with Crippen LogP contribution in [0.15, 0.2) is 42.5 Å². The van der Waals surface area contributed by atoms with Crippen LogP contribution in [0.25, 0.3) is 0 Å². The Bertz CT molecular complexity index is 866. The van der Waals surface area contributed by atoms with Crippen molar-refractivity contribution in [2.75, 3.05) is 25.5 Å². The normalized spacial score (nSPS) is 24.3. The third-order valence-corrected chi connectivity index (χ3v) is 5.69. The van der Waals surface area contributed by atoms with Crippen molar-refractivity contribution in [2.45, 2.75) is 31.8 Å². The van der Waals surface area contributed by atoms with Crippen molar-refractivity contribution in [3.05, 3.63) is 53.6 Å². The highest BCUT2D eigenvalue weighted by molar-refractivity contribution is 5.70. The molecule has 0 radical (unpaired) electrons. The Morgan fingerprint density at radius 3 is 2.58 bits per heavy atom. The molecule has 2 atom stereocenters. The number of hydrogen-bond donors (Lipinski definition) is 0. The standard InChI is InChI=1S/C21H24N2O3/c1-14-6-5-7-15(12-14)25-20(24)26-16-8-9-18-17(13-16)21(2)10-11-22(3)19(21)23(18)4/h5-9,12-13,19H,10-11H2,1-4H3/t19-,21+/m1/s1. The molecule has 0 saturated carbocycles. The van der Waals surface area contributed by atoms with E-state index in [-0.39, 0.29) is 5.41 Å². The fourth-order valence-electron chi connectivity index (χ4n) is 4.51. The molecule has 1 fully saturated rings. The van der Waals surface area contributed by atoms with Gasteiger partial charge in [0.05, 0.1) is 6.17 Å². The lowest BCUT2D eigenvalue weighted by Gasteiger charge is -2.32. The summed E-state index contributed by atoms with van der Waals surface area (Å²) < 4.78 is 10.7. The van der Waals surface area contributed by atoms with E-state index in [2.05, 4.69) is 30.8 Å². The van der Waals surface area contributed by atoms with Crippen molar-refractivity contribution < 1.29 is 14.3 Å². The van der Waals surface area contributed by atoms with Gasteiger partial charge in [0.1, 0.15) is 11.5 Å². The zero-order valence-electron chi connectivity index (χ0n) is 15.7. The van der Waals surface area contributed by atoms with Gasteiger partial charge in [-0.2, -0.15) is 0 Å². The summed E-state index contributed by atoms with van der Waals surface area (Å²) in [4.78, 5) is 16.9. The number of nitrogens with zero attached hydrogens (tertiary/aromatic N) is 2. The molecular weight excluding hydrogens is 328 g/mol. The summed E-state index contributed by atoms with van der Waals surface area (Å²) in [5, 5.41) is 0. The average Bonchev–Trinajstić information content (AvgIpc) is 3.00. The fourth-order valence-corrected chi connectivity index (χ4v) is 4.51. The quantitative estimate of drug-likeness (QED) is 0.605. The van der Waals surface area contributed by atoms with Crippen LogP contribution >= 0.6 is 0 Å². The number of rotatable bonds is 2. The van der Waals surface area contributed by atoms with Crippen LogP contribution < -0.4 is 14.4 Å². The minimum absolute atomic E-state index is 0.0403. The van der Waals surface area contributed by atoms with E-state index >= 15 is 0 Å². The van der Waals surface area contributed by atoms with E-state index in [9.17, 15) is 4.79 Å². The lowest BCUT2D eigenvalue weighted by atomic mass is 9.81. The Kier molecular flexibility index (Phi) is 3.92. The van der Waals surface area contributed by atoms with Crippen molar-refractivity contribution in [1.82, 2.24) is 4.90 Å². The summed E-state index contributed by atoms with van der Waals surface area (Å²) >= 11 is 0. The van der Waals surface area contributed by atoms with Gasteiger partial charge in [-0.1, -0.05) is 19.1 Å². The first-order valence-corrected chi connectivity index (χ1v) is 8.92. The molecular formula is C21H24N2O3. The number of hydrogen-bond acceptors (Lipinski definition) is 5. The maximum Gasteiger partial charge on any atom is 0.519 e. The number of likely N-dealkylation sites (tertiary alicyclic amines) is 1. The highest BCUT2D eigenvalue weighted by atomic mass is 16.7. The van der Waals surface area contributed by atoms with E-state index in [4.69, 9.17) is 9.47 Å². The lowest BCUT2D eigenvalue weighted by molar-refractivity contribution is 0.152. The Labute approximate surface area is 154 Å². The van der Waals surface area contributed by atoms with Crippen LogP contribution in [-0.4, -0.2) is 37.9 Å². The van der Waals surface area contributed by atoms with Crippen molar-refractivity contribution in [3.8, 4) is 11.5 Å². The molecule has 2 heterocycles. The van der Waals surface area contributed by atoms with Gasteiger partial charge in [-0.25, -0.2) is 4.79 Å². The highest BCUT2D eigenvalue weighted by Crippen LogP contribution is 2.51. The van der Waals surface area contributed by atoms with Gasteiger partial charge in [0, 0.05) is 24.7 Å². The SMILES string of the molecule is Cc1cccc(OC(=O)Oc2ccc3c(c2)[C@]2(C)CCN(C)[C@@H]2N3C)c1. The van der Waals surface area contributed by atoms with Crippen LogP contribution in [0.3, 0.4) is 0 Å². The first-order valence-electron chi connectivity index (χ1n) is 8.92. The predicted octanol–water partition coefficient (Wildman–Crippen LogP) is 3.94. The van der Waals surface area contributed by atoms with Crippen LogP contribution in [0.5, 0.6) is 11.5 Å². The van der Waals surface area contributed by atoms with Crippen molar-refractivity contribution in [2.24, 2.45) is 0 Å². The number of likely N-dealkylation sites (N-methyl/N-ethyl adjacent to an activating group) is 2. The highest BCUT2D eigenvalue weighted by Gasteiger charge is 2.52. The summed E-state index contributed by atoms with van der Waals surface area (Å²) in [7, 11) is 4.29. The maximum atomic E-state index is 12.2. The molecule has 0 bridgehead atoms. The molecule has 1 saturated heterocycles. The first kappa shape index (κ1) is 16.9. The second-order valence-corrected chi connectivity index (χ2v) is 7.58. The largest absolute Gasteiger partial charge is 0.519 e. The Balaban J connectivity index is 1.55. The zero-order valence-corrected chi connectivity index (χ0v) is 15.7. The van der Waals surface area contributed by atoms with E-state index in [0.29, 0.717) is 17.7 Å². The molecule has 0 unspecified atom stereocenters. The molecule has 0 aliphatic carbocycles. The van der Waals surface area contributed by atoms with Gasteiger partial charge in [-0.05, 0) is 61.9 Å². The van der Waals surface area contributed by atoms with Crippen LogP contribution in [-0.2, 0) is 5.41 Å². The Hall–Kier alpha value is -2.53. The molecule has 0 amide bonds. The summed E-state index contributed by atoms with van der Waals surface area (Å²) in [6.07, 6.45) is 0.710. The van der Waals surface area contributed by atoms with E-state index in [1.165, 1.54) is 11.3 Å². The molecule has 2 aromatic carbocycles. The smallest absolute Gasteiger partial charge is 0.395 e. The zero-order chi connectivity index (χ0) is 18.5. The van der Waals surface area contributed by atoms with Crippen LogP contribution in [0.1, 0.15) is 24.5 Å². The second-order valence-electron chi connectivity index (χ2n) is 7.58. The Morgan fingerprint density at radius 1 is 1.12 bits per heavy atom. The van der Waals surface area contributed by atoms with Gasteiger partial charge in [-0.3, -0.25) is 4.90 Å². The average molecular weight is 352 g/mol. The van der Waals surface area contributed by atoms with Gasteiger partial charge in [0.2, 0.25) is 0 Å². The number of carbonyl (C=O) groups is 1. The predicted molar refractivity (Wildman–Crippen MR) is 101 cm³/mol. The summed E-state index contributed by atoms with van der Waals surface area (Å²) in [6.45, 7) is 5.30. The van der Waals surface area contributed by atoms with E-state index in [1.54, 1.807) is 12.1 Å².